The topological polar surface area (TPSA) is 66.0 Å². The lowest BCUT2D eigenvalue weighted by Gasteiger charge is -2.08. The molecule has 0 fully saturated rings. The monoisotopic (exact) mass is 387 g/mol. The Kier molecular flexibility index (Phi) is 13.9. The fraction of sp³-hybridized carbons (Fsp3) is 0.632. The molecule has 1 aromatic carbocycles. The number of carbonyl (C=O) groups is 1. The summed E-state index contributed by atoms with van der Waals surface area (Å²) in [5.74, 6) is 0.142. The van der Waals surface area contributed by atoms with Gasteiger partial charge >= 0.3 is 5.97 Å². The highest BCUT2D eigenvalue weighted by Crippen LogP contribution is 2.10. The van der Waals surface area contributed by atoms with Crippen molar-refractivity contribution in [1.82, 2.24) is 0 Å². The summed E-state index contributed by atoms with van der Waals surface area (Å²) in [7, 11) is 0. The van der Waals surface area contributed by atoms with Crippen molar-refractivity contribution in [3.05, 3.63) is 29.8 Å². The number of nitrogens with one attached hydrogen (secondary N) is 1. The van der Waals surface area contributed by atoms with Gasteiger partial charge in [-0.2, -0.15) is 0 Å². The summed E-state index contributed by atoms with van der Waals surface area (Å²) >= 11 is 5.48. The van der Waals surface area contributed by atoms with Gasteiger partial charge in [-0.1, -0.05) is 13.3 Å². The molecule has 0 aliphatic rings. The minimum Gasteiger partial charge on any atom is -0.460 e. The highest BCUT2D eigenvalue weighted by atomic mass is 35.5. The van der Waals surface area contributed by atoms with Crippen molar-refractivity contribution in [1.29, 1.82) is 0 Å². The van der Waals surface area contributed by atoms with Crippen LogP contribution in [0.15, 0.2) is 24.3 Å². The average molecular weight is 388 g/mol. The summed E-state index contributed by atoms with van der Waals surface area (Å²) in [6.07, 6.45) is 2.27. The van der Waals surface area contributed by atoms with E-state index in [9.17, 15) is 4.79 Å². The van der Waals surface area contributed by atoms with Crippen LogP contribution >= 0.6 is 11.6 Å². The fourth-order valence-corrected chi connectivity index (χ4v) is 2.12. The van der Waals surface area contributed by atoms with Crippen molar-refractivity contribution in [3.8, 4) is 0 Å². The second-order valence-electron chi connectivity index (χ2n) is 5.52. The van der Waals surface area contributed by atoms with E-state index in [1.54, 1.807) is 12.1 Å². The van der Waals surface area contributed by atoms with Crippen LogP contribution in [0.25, 0.3) is 0 Å². The Bertz CT molecular complexity index is 470. The number of hydrogen-bond donors (Lipinski definition) is 1. The molecule has 7 heteroatoms. The van der Waals surface area contributed by atoms with E-state index in [4.69, 9.17) is 30.5 Å². The zero-order chi connectivity index (χ0) is 18.9. The zero-order valence-corrected chi connectivity index (χ0v) is 16.3. The Balaban J connectivity index is 2.02. The van der Waals surface area contributed by atoms with Crippen LogP contribution in [0.5, 0.6) is 0 Å². The van der Waals surface area contributed by atoms with Crippen molar-refractivity contribution in [2.24, 2.45) is 0 Å². The van der Waals surface area contributed by atoms with Gasteiger partial charge in [0.15, 0.2) is 0 Å². The molecule has 0 aliphatic heterocycles. The fourth-order valence-electron chi connectivity index (χ4n) is 2.01. The van der Waals surface area contributed by atoms with E-state index in [-0.39, 0.29) is 12.6 Å². The first kappa shape index (κ1) is 22.7. The van der Waals surface area contributed by atoms with Gasteiger partial charge in [-0.15, -0.1) is 11.6 Å². The third-order valence-electron chi connectivity index (χ3n) is 3.41. The largest absolute Gasteiger partial charge is 0.460 e. The molecule has 1 aromatic rings. The highest BCUT2D eigenvalue weighted by Gasteiger charge is 2.06. The van der Waals surface area contributed by atoms with Gasteiger partial charge in [0.25, 0.3) is 0 Å². The van der Waals surface area contributed by atoms with Gasteiger partial charge in [0, 0.05) is 18.1 Å². The first-order chi connectivity index (χ1) is 12.8. The number of hydrogen-bond acceptors (Lipinski definition) is 6. The van der Waals surface area contributed by atoms with Gasteiger partial charge in [-0.3, -0.25) is 0 Å². The normalized spacial score (nSPS) is 10.7. The molecule has 26 heavy (non-hydrogen) atoms. The quantitative estimate of drug-likeness (QED) is 0.266. The first-order valence-electron chi connectivity index (χ1n) is 9.08. The number of ether oxygens (including phenoxy) is 4. The van der Waals surface area contributed by atoms with Crippen LogP contribution in [0.2, 0.25) is 0 Å². The van der Waals surface area contributed by atoms with Crippen LogP contribution in [-0.4, -0.2) is 64.6 Å². The van der Waals surface area contributed by atoms with Gasteiger partial charge in [-0.25, -0.2) is 4.79 Å². The molecule has 0 heterocycles. The highest BCUT2D eigenvalue weighted by molar-refractivity contribution is 6.17. The summed E-state index contributed by atoms with van der Waals surface area (Å²) in [5.41, 5.74) is 1.54. The smallest absolute Gasteiger partial charge is 0.338 e. The van der Waals surface area contributed by atoms with Crippen molar-refractivity contribution in [3.63, 3.8) is 0 Å². The second-order valence-corrected chi connectivity index (χ2v) is 5.90. The summed E-state index contributed by atoms with van der Waals surface area (Å²) in [4.78, 5) is 11.9. The molecule has 0 radical (unpaired) electrons. The number of anilines is 1. The maximum Gasteiger partial charge on any atom is 0.338 e. The zero-order valence-electron chi connectivity index (χ0n) is 15.5. The molecule has 0 atom stereocenters. The number of carbonyl (C=O) groups excluding carboxylic acids is 1. The lowest BCUT2D eigenvalue weighted by Crippen LogP contribution is -2.14. The van der Waals surface area contributed by atoms with Crippen LogP contribution in [0, 0.1) is 0 Å². The number of rotatable bonds is 16. The molecule has 0 bridgehead atoms. The van der Waals surface area contributed by atoms with Gasteiger partial charge in [-0.05, 0) is 30.7 Å². The van der Waals surface area contributed by atoms with E-state index < -0.39 is 0 Å². The molecular weight excluding hydrogens is 358 g/mol. The van der Waals surface area contributed by atoms with Crippen molar-refractivity contribution in [2.75, 3.05) is 64.0 Å². The maximum atomic E-state index is 11.9. The lowest BCUT2D eigenvalue weighted by atomic mass is 10.2. The summed E-state index contributed by atoms with van der Waals surface area (Å²) < 4.78 is 21.0. The molecule has 6 nitrogen and oxygen atoms in total. The molecule has 0 amide bonds. The Morgan fingerprint density at radius 1 is 0.923 bits per heavy atom. The minimum absolute atomic E-state index is 0.216. The predicted octanol–water partition coefficient (Wildman–Crippen LogP) is 3.34. The molecule has 148 valence electrons. The lowest BCUT2D eigenvalue weighted by molar-refractivity contribution is 0.00199. The van der Waals surface area contributed by atoms with Crippen LogP contribution < -0.4 is 5.32 Å². The summed E-state index contributed by atoms with van der Waals surface area (Å²) in [5, 5.41) is 3.30. The van der Waals surface area contributed by atoms with Crippen molar-refractivity contribution in [2.45, 2.75) is 19.8 Å². The van der Waals surface area contributed by atoms with E-state index in [0.717, 1.165) is 25.1 Å². The van der Waals surface area contributed by atoms with Crippen molar-refractivity contribution >= 4 is 23.3 Å². The molecule has 0 spiro atoms. The Labute approximate surface area is 161 Å². The third-order valence-corrected chi connectivity index (χ3v) is 3.56. The van der Waals surface area contributed by atoms with E-state index >= 15 is 0 Å². The predicted molar refractivity (Wildman–Crippen MR) is 103 cm³/mol. The standard InChI is InChI=1S/C19H30ClNO5/c1-2-3-9-21-18-6-4-17(5-7-18)19(22)26-16-15-25-14-13-24-12-11-23-10-8-20/h4-7,21H,2-3,8-16H2,1H3. The molecule has 0 aromatic heterocycles. The summed E-state index contributed by atoms with van der Waals surface area (Å²) in [6.45, 7) is 6.14. The van der Waals surface area contributed by atoms with E-state index in [2.05, 4.69) is 12.2 Å². The Hall–Kier alpha value is -1.34. The maximum absolute atomic E-state index is 11.9. The van der Waals surface area contributed by atoms with E-state index in [1.165, 1.54) is 0 Å². The van der Waals surface area contributed by atoms with Crippen LogP contribution in [-0.2, 0) is 18.9 Å². The molecule has 1 rings (SSSR count). The minimum atomic E-state index is -0.346. The molecule has 0 saturated carbocycles. The number of unbranched alkanes of at least 4 members (excludes halogenated alkanes) is 1. The van der Waals surface area contributed by atoms with Crippen LogP contribution in [0.1, 0.15) is 30.1 Å². The number of alkyl halides is 1. The van der Waals surface area contributed by atoms with Crippen molar-refractivity contribution < 1.29 is 23.7 Å². The van der Waals surface area contributed by atoms with Gasteiger partial charge in [0.05, 0.1) is 45.2 Å². The van der Waals surface area contributed by atoms with Gasteiger partial charge in [0.2, 0.25) is 0 Å². The van der Waals surface area contributed by atoms with E-state index in [0.29, 0.717) is 51.1 Å². The Morgan fingerprint density at radius 3 is 2.08 bits per heavy atom. The molecule has 0 aliphatic carbocycles. The number of halogens is 1. The average Bonchev–Trinajstić information content (AvgIpc) is 2.66. The van der Waals surface area contributed by atoms with Crippen LogP contribution in [0.3, 0.4) is 0 Å². The first-order valence-corrected chi connectivity index (χ1v) is 9.61. The SMILES string of the molecule is CCCCNc1ccc(C(=O)OCCOCCOCCOCCCl)cc1. The van der Waals surface area contributed by atoms with Crippen LogP contribution in [0.4, 0.5) is 5.69 Å². The second kappa shape index (κ2) is 15.9. The molecule has 0 unspecified atom stereocenters. The van der Waals surface area contributed by atoms with E-state index in [1.807, 2.05) is 12.1 Å². The van der Waals surface area contributed by atoms with Gasteiger partial charge < -0.3 is 24.3 Å². The summed E-state index contributed by atoms with van der Waals surface area (Å²) in [6, 6.07) is 7.29. The third kappa shape index (κ3) is 11.3. The molecular formula is C19H30ClNO5. The Morgan fingerprint density at radius 2 is 1.50 bits per heavy atom. The molecule has 1 N–H and O–H groups in total. The number of esters is 1. The number of benzene rings is 1. The van der Waals surface area contributed by atoms with Gasteiger partial charge in [0.1, 0.15) is 6.61 Å². The molecule has 0 saturated heterocycles.